The molecule has 122 valence electrons. The lowest BCUT2D eigenvalue weighted by Gasteiger charge is -2.25. The van der Waals surface area contributed by atoms with Crippen LogP contribution in [0.25, 0.3) is 11.3 Å². The number of benzene rings is 1. The zero-order valence-corrected chi connectivity index (χ0v) is 12.9. The van der Waals surface area contributed by atoms with Crippen LogP contribution in [-0.2, 0) is 4.79 Å². The summed E-state index contributed by atoms with van der Waals surface area (Å²) >= 11 is 0. The highest BCUT2D eigenvalue weighted by Crippen LogP contribution is 2.19. The number of carbonyl (C=O) groups excluding carboxylic acids is 1. The van der Waals surface area contributed by atoms with Gasteiger partial charge < -0.3 is 10.0 Å². The van der Waals surface area contributed by atoms with Crippen LogP contribution in [0.5, 0.6) is 0 Å². The average Bonchev–Trinajstić information content (AvgIpc) is 2.97. The van der Waals surface area contributed by atoms with E-state index in [0.717, 1.165) is 0 Å². The van der Waals surface area contributed by atoms with E-state index in [9.17, 15) is 14.0 Å². The SMILES string of the molecule is CC(C)N(CCC(=O)O)C(=O)c1cc(-c2ccc(F)cc2)n[nH]1. The van der Waals surface area contributed by atoms with Crippen LogP contribution in [-0.4, -0.2) is 44.7 Å². The summed E-state index contributed by atoms with van der Waals surface area (Å²) in [7, 11) is 0. The van der Waals surface area contributed by atoms with E-state index in [0.29, 0.717) is 11.3 Å². The number of carboxylic acid groups (broad SMARTS) is 1. The van der Waals surface area contributed by atoms with Crippen LogP contribution < -0.4 is 0 Å². The van der Waals surface area contributed by atoms with E-state index in [1.165, 1.54) is 17.0 Å². The summed E-state index contributed by atoms with van der Waals surface area (Å²) in [6.07, 6.45) is -0.122. The topological polar surface area (TPSA) is 86.3 Å². The molecule has 6 nitrogen and oxygen atoms in total. The van der Waals surface area contributed by atoms with Gasteiger partial charge in [-0.2, -0.15) is 5.10 Å². The fraction of sp³-hybridized carbons (Fsp3) is 0.312. The Morgan fingerprint density at radius 1 is 1.30 bits per heavy atom. The van der Waals surface area contributed by atoms with Gasteiger partial charge in [0.15, 0.2) is 0 Å². The Kier molecular flexibility index (Phi) is 5.10. The maximum Gasteiger partial charge on any atom is 0.305 e. The van der Waals surface area contributed by atoms with Crippen LogP contribution in [0.3, 0.4) is 0 Å². The van der Waals surface area contributed by atoms with Crippen LogP contribution in [0.2, 0.25) is 0 Å². The minimum Gasteiger partial charge on any atom is -0.481 e. The maximum atomic E-state index is 12.9. The zero-order valence-electron chi connectivity index (χ0n) is 12.9. The van der Waals surface area contributed by atoms with E-state index in [-0.39, 0.29) is 36.4 Å². The molecule has 0 radical (unpaired) electrons. The lowest BCUT2D eigenvalue weighted by molar-refractivity contribution is -0.137. The first kappa shape index (κ1) is 16.7. The molecular weight excluding hydrogens is 301 g/mol. The van der Waals surface area contributed by atoms with Crippen molar-refractivity contribution in [1.82, 2.24) is 15.1 Å². The van der Waals surface area contributed by atoms with Crippen molar-refractivity contribution in [3.8, 4) is 11.3 Å². The first-order valence-corrected chi connectivity index (χ1v) is 7.22. The molecule has 23 heavy (non-hydrogen) atoms. The number of hydrogen-bond acceptors (Lipinski definition) is 3. The van der Waals surface area contributed by atoms with Gasteiger partial charge in [-0.3, -0.25) is 14.7 Å². The van der Waals surface area contributed by atoms with Gasteiger partial charge in [-0.1, -0.05) is 0 Å². The predicted octanol–water partition coefficient (Wildman–Crippen LogP) is 2.54. The minimum atomic E-state index is -0.958. The Bertz CT molecular complexity index is 695. The van der Waals surface area contributed by atoms with Crippen LogP contribution in [0.1, 0.15) is 30.8 Å². The summed E-state index contributed by atoms with van der Waals surface area (Å²) in [5.74, 6) is -1.62. The lowest BCUT2D eigenvalue weighted by atomic mass is 10.1. The number of rotatable bonds is 6. The van der Waals surface area contributed by atoms with Gasteiger partial charge in [-0.15, -0.1) is 0 Å². The molecule has 0 fully saturated rings. The molecule has 1 aromatic heterocycles. The van der Waals surface area contributed by atoms with Crippen molar-refractivity contribution in [2.45, 2.75) is 26.3 Å². The summed E-state index contributed by atoms with van der Waals surface area (Å²) in [6, 6.07) is 7.22. The third kappa shape index (κ3) is 4.15. The first-order chi connectivity index (χ1) is 10.9. The minimum absolute atomic E-state index is 0.122. The fourth-order valence-corrected chi connectivity index (χ4v) is 2.16. The van der Waals surface area contributed by atoms with Gasteiger partial charge in [0, 0.05) is 18.2 Å². The maximum absolute atomic E-state index is 12.9. The number of halogens is 1. The van der Waals surface area contributed by atoms with Crippen LogP contribution in [0.4, 0.5) is 4.39 Å². The van der Waals surface area contributed by atoms with Crippen LogP contribution >= 0.6 is 0 Å². The number of aromatic amines is 1. The van der Waals surface area contributed by atoms with E-state index >= 15 is 0 Å². The molecule has 0 unspecified atom stereocenters. The van der Waals surface area contributed by atoms with Crippen molar-refractivity contribution in [1.29, 1.82) is 0 Å². The van der Waals surface area contributed by atoms with Crippen molar-refractivity contribution in [2.75, 3.05) is 6.54 Å². The van der Waals surface area contributed by atoms with Crippen molar-refractivity contribution in [3.63, 3.8) is 0 Å². The quantitative estimate of drug-likeness (QED) is 0.856. The summed E-state index contributed by atoms with van der Waals surface area (Å²) < 4.78 is 12.9. The van der Waals surface area contributed by atoms with Crippen molar-refractivity contribution in [3.05, 3.63) is 41.8 Å². The van der Waals surface area contributed by atoms with E-state index < -0.39 is 5.97 Å². The number of nitrogens with zero attached hydrogens (tertiary/aromatic N) is 2. The van der Waals surface area contributed by atoms with E-state index in [1.807, 2.05) is 13.8 Å². The molecule has 2 N–H and O–H groups in total. The number of carboxylic acids is 1. The number of H-pyrrole nitrogens is 1. The number of carbonyl (C=O) groups is 2. The smallest absolute Gasteiger partial charge is 0.305 e. The van der Waals surface area contributed by atoms with Crippen molar-refractivity contribution >= 4 is 11.9 Å². The Hall–Kier alpha value is -2.70. The van der Waals surface area contributed by atoms with Gasteiger partial charge in [0.25, 0.3) is 5.91 Å². The van der Waals surface area contributed by atoms with E-state index in [2.05, 4.69) is 10.2 Å². The third-order valence-electron chi connectivity index (χ3n) is 3.40. The number of hydrogen-bond donors (Lipinski definition) is 2. The fourth-order valence-electron chi connectivity index (χ4n) is 2.16. The van der Waals surface area contributed by atoms with Gasteiger partial charge in [-0.25, -0.2) is 4.39 Å². The van der Waals surface area contributed by atoms with Gasteiger partial charge in [-0.05, 0) is 44.2 Å². The molecule has 2 rings (SSSR count). The molecular formula is C16H18FN3O3. The Balaban J connectivity index is 2.18. The Morgan fingerprint density at radius 2 is 1.96 bits per heavy atom. The highest BCUT2D eigenvalue weighted by molar-refractivity contribution is 5.93. The van der Waals surface area contributed by atoms with E-state index in [1.54, 1.807) is 18.2 Å². The molecule has 7 heteroatoms. The molecule has 0 spiro atoms. The highest BCUT2D eigenvalue weighted by Gasteiger charge is 2.21. The monoisotopic (exact) mass is 319 g/mol. The molecule has 0 aliphatic heterocycles. The predicted molar refractivity (Wildman–Crippen MR) is 82.4 cm³/mol. The van der Waals surface area contributed by atoms with Crippen molar-refractivity contribution in [2.24, 2.45) is 0 Å². The largest absolute Gasteiger partial charge is 0.481 e. The Labute approximate surface area is 132 Å². The second kappa shape index (κ2) is 7.04. The summed E-state index contributed by atoms with van der Waals surface area (Å²) in [4.78, 5) is 24.7. The molecule has 0 aliphatic rings. The zero-order chi connectivity index (χ0) is 17.0. The van der Waals surface area contributed by atoms with Gasteiger partial charge in [0.2, 0.25) is 0 Å². The molecule has 0 bridgehead atoms. The number of amides is 1. The molecule has 0 aliphatic carbocycles. The standard InChI is InChI=1S/C16H18FN3O3/c1-10(2)20(8-7-15(21)22)16(23)14-9-13(18-19-14)11-3-5-12(17)6-4-11/h3-6,9-10H,7-8H2,1-2H3,(H,18,19)(H,21,22). The Morgan fingerprint density at radius 3 is 2.52 bits per heavy atom. The molecule has 1 aromatic carbocycles. The van der Waals surface area contributed by atoms with Gasteiger partial charge in [0.05, 0.1) is 12.1 Å². The number of aliphatic carboxylic acids is 1. The molecule has 2 aromatic rings. The lowest BCUT2D eigenvalue weighted by Crippen LogP contribution is -2.38. The van der Waals surface area contributed by atoms with E-state index in [4.69, 9.17) is 5.11 Å². The van der Waals surface area contributed by atoms with Crippen molar-refractivity contribution < 1.29 is 19.1 Å². The molecule has 0 atom stereocenters. The normalized spacial score (nSPS) is 10.8. The first-order valence-electron chi connectivity index (χ1n) is 7.22. The summed E-state index contributed by atoms with van der Waals surface area (Å²) in [5.41, 5.74) is 1.47. The average molecular weight is 319 g/mol. The molecule has 0 saturated carbocycles. The van der Waals surface area contributed by atoms with Gasteiger partial charge in [0.1, 0.15) is 11.5 Å². The van der Waals surface area contributed by atoms with Crippen LogP contribution in [0, 0.1) is 5.82 Å². The highest BCUT2D eigenvalue weighted by atomic mass is 19.1. The van der Waals surface area contributed by atoms with Gasteiger partial charge >= 0.3 is 5.97 Å². The van der Waals surface area contributed by atoms with Crippen LogP contribution in [0.15, 0.2) is 30.3 Å². The second-order valence-electron chi connectivity index (χ2n) is 5.41. The summed E-state index contributed by atoms with van der Waals surface area (Å²) in [5, 5.41) is 15.5. The molecule has 1 amide bonds. The third-order valence-corrected chi connectivity index (χ3v) is 3.40. The number of nitrogens with one attached hydrogen (secondary N) is 1. The second-order valence-corrected chi connectivity index (χ2v) is 5.41. The summed E-state index contributed by atoms with van der Waals surface area (Å²) in [6.45, 7) is 3.75. The molecule has 0 saturated heterocycles. The number of aromatic nitrogens is 2. The molecule has 1 heterocycles.